The molecule has 0 saturated carbocycles. The van der Waals surface area contributed by atoms with Crippen molar-refractivity contribution in [1.29, 1.82) is 0 Å². The van der Waals surface area contributed by atoms with E-state index in [9.17, 15) is 19.2 Å². The first-order chi connectivity index (χ1) is 15.9. The molecule has 9 heteroatoms. The standard InChI is InChI=1S/C24H28N2O7/c1-3-31-23(29)16-8-11-25(12-9-16)14-21(28)26-10-4-5-18-19-13-17(32-15(2)27)6-7-20(19)33-24(30)22(18)26/h6-7,13,16H,3-5,8-12,14H2,1-2H3. The van der Waals surface area contributed by atoms with Crippen LogP contribution < -0.4 is 15.3 Å². The lowest BCUT2D eigenvalue weighted by molar-refractivity contribution is -0.149. The van der Waals surface area contributed by atoms with Crippen molar-refractivity contribution in [2.45, 2.75) is 39.5 Å². The van der Waals surface area contributed by atoms with Gasteiger partial charge in [0.25, 0.3) is 0 Å². The Hall–Kier alpha value is -3.20. The third-order valence-corrected chi connectivity index (χ3v) is 6.17. The van der Waals surface area contributed by atoms with Crippen molar-refractivity contribution in [2.75, 3.05) is 37.7 Å². The molecule has 1 amide bonds. The lowest BCUT2D eigenvalue weighted by Crippen LogP contribution is -2.47. The van der Waals surface area contributed by atoms with E-state index < -0.39 is 11.6 Å². The Morgan fingerprint density at radius 3 is 2.61 bits per heavy atom. The van der Waals surface area contributed by atoms with E-state index in [-0.39, 0.29) is 30.0 Å². The van der Waals surface area contributed by atoms with E-state index in [4.69, 9.17) is 13.9 Å². The van der Waals surface area contributed by atoms with Crippen molar-refractivity contribution in [3.63, 3.8) is 0 Å². The maximum atomic E-state index is 13.2. The maximum Gasteiger partial charge on any atom is 0.360 e. The predicted octanol–water partition coefficient (Wildman–Crippen LogP) is 2.27. The maximum absolute atomic E-state index is 13.2. The van der Waals surface area contributed by atoms with Gasteiger partial charge < -0.3 is 18.8 Å². The normalized spacial score (nSPS) is 17.0. The Labute approximate surface area is 191 Å². The van der Waals surface area contributed by atoms with Gasteiger partial charge in [-0.05, 0) is 69.5 Å². The molecule has 0 bridgehead atoms. The van der Waals surface area contributed by atoms with Gasteiger partial charge in [0.1, 0.15) is 17.0 Å². The average Bonchev–Trinajstić information content (AvgIpc) is 2.79. The largest absolute Gasteiger partial charge is 0.466 e. The minimum Gasteiger partial charge on any atom is -0.466 e. The number of likely N-dealkylation sites (tertiary alicyclic amines) is 1. The molecule has 1 fully saturated rings. The summed E-state index contributed by atoms with van der Waals surface area (Å²) in [7, 11) is 0. The number of aryl methyl sites for hydroxylation is 1. The predicted molar refractivity (Wildman–Crippen MR) is 120 cm³/mol. The fourth-order valence-corrected chi connectivity index (χ4v) is 4.63. The highest BCUT2D eigenvalue weighted by Gasteiger charge is 2.31. The number of fused-ring (bicyclic) bond motifs is 3. The molecule has 0 aliphatic carbocycles. The molecule has 3 heterocycles. The topological polar surface area (TPSA) is 106 Å². The molecule has 9 nitrogen and oxygen atoms in total. The van der Waals surface area contributed by atoms with Gasteiger partial charge in [0.15, 0.2) is 0 Å². The van der Waals surface area contributed by atoms with Crippen LogP contribution in [0.3, 0.4) is 0 Å². The SMILES string of the molecule is CCOC(=O)C1CCN(CC(=O)N2CCCc3c2c(=O)oc2ccc(OC(C)=O)cc32)CC1. The molecule has 33 heavy (non-hydrogen) atoms. The summed E-state index contributed by atoms with van der Waals surface area (Å²) >= 11 is 0. The van der Waals surface area contributed by atoms with Crippen LogP contribution in [0.2, 0.25) is 0 Å². The third-order valence-electron chi connectivity index (χ3n) is 6.17. The van der Waals surface area contributed by atoms with E-state index in [0.29, 0.717) is 68.6 Å². The van der Waals surface area contributed by atoms with Gasteiger partial charge in [0.2, 0.25) is 5.91 Å². The minimum atomic E-state index is -0.549. The van der Waals surface area contributed by atoms with Crippen LogP contribution in [0.5, 0.6) is 5.75 Å². The highest BCUT2D eigenvalue weighted by Crippen LogP contribution is 2.33. The molecule has 1 saturated heterocycles. The van der Waals surface area contributed by atoms with Crippen LogP contribution in [0.15, 0.2) is 27.4 Å². The monoisotopic (exact) mass is 456 g/mol. The fourth-order valence-electron chi connectivity index (χ4n) is 4.63. The van der Waals surface area contributed by atoms with Crippen LogP contribution in [0.25, 0.3) is 11.0 Å². The molecule has 1 aromatic carbocycles. The second-order valence-electron chi connectivity index (χ2n) is 8.42. The quantitative estimate of drug-likeness (QED) is 0.383. The smallest absolute Gasteiger partial charge is 0.360 e. The second kappa shape index (κ2) is 9.74. The highest BCUT2D eigenvalue weighted by atomic mass is 16.5. The van der Waals surface area contributed by atoms with E-state index in [2.05, 4.69) is 0 Å². The molecule has 0 atom stereocenters. The van der Waals surface area contributed by atoms with E-state index in [0.717, 1.165) is 5.56 Å². The highest BCUT2D eigenvalue weighted by molar-refractivity contribution is 5.99. The molecular weight excluding hydrogens is 428 g/mol. The molecular formula is C24H28N2O7. The lowest BCUT2D eigenvalue weighted by Gasteiger charge is -2.33. The molecule has 0 spiro atoms. The first-order valence-electron chi connectivity index (χ1n) is 11.3. The van der Waals surface area contributed by atoms with Crippen molar-refractivity contribution in [3.8, 4) is 5.75 Å². The van der Waals surface area contributed by atoms with Crippen LogP contribution >= 0.6 is 0 Å². The summed E-state index contributed by atoms with van der Waals surface area (Å²) in [6.07, 6.45) is 2.62. The minimum absolute atomic E-state index is 0.128. The zero-order chi connectivity index (χ0) is 23.5. The Morgan fingerprint density at radius 1 is 1.15 bits per heavy atom. The van der Waals surface area contributed by atoms with E-state index in [1.165, 1.54) is 11.8 Å². The molecule has 0 radical (unpaired) electrons. The van der Waals surface area contributed by atoms with Gasteiger partial charge in [0, 0.05) is 18.9 Å². The lowest BCUT2D eigenvalue weighted by atomic mass is 9.96. The van der Waals surface area contributed by atoms with Crippen LogP contribution in [-0.2, 0) is 25.5 Å². The third kappa shape index (κ3) is 4.93. The molecule has 2 aromatic rings. The van der Waals surface area contributed by atoms with Gasteiger partial charge >= 0.3 is 17.6 Å². The summed E-state index contributed by atoms with van der Waals surface area (Å²) in [5.74, 6) is -0.556. The number of hydrogen-bond donors (Lipinski definition) is 0. The van der Waals surface area contributed by atoms with Gasteiger partial charge in [-0.15, -0.1) is 0 Å². The Kier molecular flexibility index (Phi) is 6.78. The summed E-state index contributed by atoms with van der Waals surface area (Å²) in [6.45, 7) is 5.32. The first kappa shape index (κ1) is 23.0. The van der Waals surface area contributed by atoms with Gasteiger partial charge in [-0.2, -0.15) is 0 Å². The summed E-state index contributed by atoms with van der Waals surface area (Å²) < 4.78 is 15.8. The summed E-state index contributed by atoms with van der Waals surface area (Å²) in [5, 5.41) is 0.663. The number of rotatable bonds is 5. The van der Waals surface area contributed by atoms with Crippen molar-refractivity contribution >= 4 is 34.5 Å². The van der Waals surface area contributed by atoms with Gasteiger partial charge in [-0.25, -0.2) is 4.79 Å². The molecule has 2 aliphatic rings. The van der Waals surface area contributed by atoms with Gasteiger partial charge in [-0.3, -0.25) is 19.3 Å². The Morgan fingerprint density at radius 2 is 1.91 bits per heavy atom. The number of ether oxygens (including phenoxy) is 2. The van der Waals surface area contributed by atoms with E-state index >= 15 is 0 Å². The Balaban J connectivity index is 1.53. The number of nitrogens with zero attached hydrogens (tertiary/aromatic N) is 2. The average molecular weight is 456 g/mol. The molecule has 1 aromatic heterocycles. The van der Waals surface area contributed by atoms with Crippen LogP contribution in [0.1, 0.15) is 38.7 Å². The molecule has 0 N–H and O–H groups in total. The summed E-state index contributed by atoms with van der Waals surface area (Å²) in [6, 6.07) is 4.85. The number of esters is 2. The summed E-state index contributed by atoms with van der Waals surface area (Å²) in [4.78, 5) is 52.8. The van der Waals surface area contributed by atoms with E-state index in [1.54, 1.807) is 25.1 Å². The number of anilines is 1. The number of piperidine rings is 1. The first-order valence-corrected chi connectivity index (χ1v) is 11.3. The van der Waals surface area contributed by atoms with Crippen molar-refractivity contribution in [1.82, 2.24) is 4.90 Å². The molecule has 2 aliphatic heterocycles. The second-order valence-corrected chi connectivity index (χ2v) is 8.42. The number of amides is 1. The fraction of sp³-hybridized carbons (Fsp3) is 0.500. The van der Waals surface area contributed by atoms with Crippen molar-refractivity contribution in [2.24, 2.45) is 5.92 Å². The molecule has 4 rings (SSSR count). The van der Waals surface area contributed by atoms with Crippen LogP contribution in [-0.4, -0.2) is 55.5 Å². The summed E-state index contributed by atoms with van der Waals surface area (Å²) in [5.41, 5.74) is 0.841. The number of carbonyl (C=O) groups excluding carboxylic acids is 3. The number of benzene rings is 1. The van der Waals surface area contributed by atoms with Gasteiger partial charge in [0.05, 0.1) is 19.1 Å². The van der Waals surface area contributed by atoms with Crippen LogP contribution in [0.4, 0.5) is 5.69 Å². The zero-order valence-electron chi connectivity index (χ0n) is 18.9. The number of carbonyl (C=O) groups is 3. The van der Waals surface area contributed by atoms with Crippen LogP contribution in [0, 0.1) is 5.92 Å². The van der Waals surface area contributed by atoms with Gasteiger partial charge in [-0.1, -0.05) is 0 Å². The number of hydrogen-bond acceptors (Lipinski definition) is 8. The molecule has 176 valence electrons. The molecule has 0 unspecified atom stereocenters. The van der Waals surface area contributed by atoms with E-state index in [1.807, 2.05) is 4.90 Å². The Bertz CT molecular complexity index is 1130. The van der Waals surface area contributed by atoms with Crippen molar-refractivity contribution in [3.05, 3.63) is 34.2 Å². The van der Waals surface area contributed by atoms with Crippen molar-refractivity contribution < 1.29 is 28.3 Å². The zero-order valence-corrected chi connectivity index (χ0v) is 18.9.